The van der Waals surface area contributed by atoms with Crippen molar-refractivity contribution in [3.63, 3.8) is 0 Å². The Labute approximate surface area is 135 Å². The molecule has 2 aromatic carbocycles. The predicted octanol–water partition coefficient (Wildman–Crippen LogP) is 2.46. The third kappa shape index (κ3) is 3.59. The summed E-state index contributed by atoms with van der Waals surface area (Å²) in [6.45, 7) is 0. The lowest BCUT2D eigenvalue weighted by molar-refractivity contribution is 0.0615. The second kappa shape index (κ2) is 6.68. The molecule has 0 spiro atoms. The highest BCUT2D eigenvalue weighted by molar-refractivity contribution is 14.1. The van der Waals surface area contributed by atoms with Crippen LogP contribution in [0.4, 0.5) is 0 Å². The Hall–Kier alpha value is -1.93. The molecule has 5 nitrogen and oxygen atoms in total. The third-order valence-corrected chi connectivity index (χ3v) is 3.56. The van der Waals surface area contributed by atoms with Crippen molar-refractivity contribution in [3.8, 4) is 5.75 Å². The van der Waals surface area contributed by atoms with Crippen molar-refractivity contribution in [1.82, 2.24) is 5.01 Å². The largest absolute Gasteiger partial charge is 0.497 e. The fourth-order valence-corrected chi connectivity index (χ4v) is 2.08. The molecule has 0 heterocycles. The molecule has 0 aliphatic heterocycles. The van der Waals surface area contributed by atoms with Crippen LogP contribution in [0, 0.1) is 3.57 Å². The molecule has 108 valence electrons. The van der Waals surface area contributed by atoms with E-state index in [-0.39, 0.29) is 5.56 Å². The fourth-order valence-electron chi connectivity index (χ4n) is 1.72. The molecule has 6 heteroatoms. The van der Waals surface area contributed by atoms with Crippen molar-refractivity contribution in [2.45, 2.75) is 0 Å². The number of benzene rings is 2. The van der Waals surface area contributed by atoms with E-state index in [1.807, 2.05) is 0 Å². The molecule has 0 saturated heterocycles. The van der Waals surface area contributed by atoms with E-state index in [0.29, 0.717) is 16.3 Å². The summed E-state index contributed by atoms with van der Waals surface area (Å²) in [7, 11) is 1.50. The number of hydrogen-bond donors (Lipinski definition) is 1. The van der Waals surface area contributed by atoms with Gasteiger partial charge in [0.25, 0.3) is 11.8 Å². The summed E-state index contributed by atoms with van der Waals surface area (Å²) in [6.07, 6.45) is 0. The van der Waals surface area contributed by atoms with Crippen LogP contribution in [0.5, 0.6) is 5.75 Å². The molecule has 0 atom stereocenters. The van der Waals surface area contributed by atoms with Gasteiger partial charge in [-0.15, -0.1) is 0 Å². The normalized spacial score (nSPS) is 10.0. The van der Waals surface area contributed by atoms with Crippen LogP contribution in [-0.2, 0) is 0 Å². The number of amides is 2. The maximum Gasteiger partial charge on any atom is 0.275 e. The highest BCUT2D eigenvalue weighted by atomic mass is 127. The van der Waals surface area contributed by atoms with E-state index in [2.05, 4.69) is 22.6 Å². The van der Waals surface area contributed by atoms with Gasteiger partial charge in [0.1, 0.15) is 5.75 Å². The smallest absolute Gasteiger partial charge is 0.275 e. The molecule has 2 aromatic rings. The van der Waals surface area contributed by atoms with Crippen molar-refractivity contribution in [2.75, 3.05) is 7.11 Å². The minimum absolute atomic E-state index is 0.288. The van der Waals surface area contributed by atoms with Gasteiger partial charge in [-0.3, -0.25) is 9.59 Å². The van der Waals surface area contributed by atoms with Gasteiger partial charge in [0.05, 0.1) is 7.11 Å². The van der Waals surface area contributed by atoms with Crippen molar-refractivity contribution >= 4 is 34.4 Å². The summed E-state index contributed by atoms with van der Waals surface area (Å²) in [4.78, 5) is 24.4. The van der Waals surface area contributed by atoms with Crippen LogP contribution in [0.15, 0.2) is 48.5 Å². The van der Waals surface area contributed by atoms with Gasteiger partial charge in [-0.25, -0.2) is 10.9 Å². The molecule has 0 saturated carbocycles. The lowest BCUT2D eigenvalue weighted by atomic mass is 10.1. The number of hydrazine groups is 1. The zero-order valence-corrected chi connectivity index (χ0v) is 13.4. The van der Waals surface area contributed by atoms with Gasteiger partial charge in [-0.1, -0.05) is 6.07 Å². The monoisotopic (exact) mass is 396 g/mol. The van der Waals surface area contributed by atoms with Crippen molar-refractivity contribution < 1.29 is 14.3 Å². The Bertz CT molecular complexity index is 671. The van der Waals surface area contributed by atoms with Gasteiger partial charge < -0.3 is 4.74 Å². The highest BCUT2D eigenvalue weighted by Gasteiger charge is 2.21. The van der Waals surface area contributed by atoms with Gasteiger partial charge >= 0.3 is 0 Å². The van der Waals surface area contributed by atoms with E-state index in [9.17, 15) is 9.59 Å². The first-order valence-electron chi connectivity index (χ1n) is 6.06. The SMILES string of the molecule is COc1cccc(C(=O)N(N)C(=O)c2ccc(I)cc2)c1. The summed E-state index contributed by atoms with van der Waals surface area (Å²) < 4.78 is 6.04. The van der Waals surface area contributed by atoms with Crippen molar-refractivity contribution in [1.29, 1.82) is 0 Å². The quantitative estimate of drug-likeness (QED) is 0.285. The zero-order chi connectivity index (χ0) is 15.4. The van der Waals surface area contributed by atoms with Gasteiger partial charge in [-0.2, -0.15) is 0 Å². The molecular weight excluding hydrogens is 383 g/mol. The van der Waals surface area contributed by atoms with Crippen LogP contribution in [0.2, 0.25) is 0 Å². The number of carbonyl (C=O) groups is 2. The Morgan fingerprint density at radius 3 is 2.29 bits per heavy atom. The van der Waals surface area contributed by atoms with Gasteiger partial charge in [-0.05, 0) is 65.1 Å². The predicted molar refractivity (Wildman–Crippen MR) is 86.8 cm³/mol. The fraction of sp³-hybridized carbons (Fsp3) is 0.0667. The molecule has 0 unspecified atom stereocenters. The maximum absolute atomic E-state index is 12.2. The Kier molecular flexibility index (Phi) is 4.92. The number of carbonyl (C=O) groups excluding carboxylic acids is 2. The first-order chi connectivity index (χ1) is 10.0. The zero-order valence-electron chi connectivity index (χ0n) is 11.2. The first kappa shape index (κ1) is 15.5. The standard InChI is InChI=1S/C15H13IN2O3/c1-21-13-4-2-3-11(9-13)15(20)18(17)14(19)10-5-7-12(16)8-6-10/h2-9H,17H2,1H3. The van der Waals surface area contributed by atoms with Crippen LogP contribution >= 0.6 is 22.6 Å². The number of imide groups is 1. The molecule has 2 rings (SSSR count). The van der Waals surface area contributed by atoms with E-state index in [1.165, 1.54) is 13.2 Å². The van der Waals surface area contributed by atoms with Crippen LogP contribution in [0.25, 0.3) is 0 Å². The lowest BCUT2D eigenvalue weighted by Crippen LogP contribution is -2.42. The number of ether oxygens (including phenoxy) is 1. The van der Waals surface area contributed by atoms with E-state index in [1.54, 1.807) is 42.5 Å². The Morgan fingerprint density at radius 2 is 1.67 bits per heavy atom. The second-order valence-corrected chi connectivity index (χ2v) is 5.46. The number of hydrogen-bond acceptors (Lipinski definition) is 4. The molecule has 2 N–H and O–H groups in total. The molecule has 21 heavy (non-hydrogen) atoms. The molecule has 0 aliphatic rings. The lowest BCUT2D eigenvalue weighted by Gasteiger charge is -2.15. The Balaban J connectivity index is 2.22. The van der Waals surface area contributed by atoms with Gasteiger partial charge in [0, 0.05) is 14.7 Å². The number of methoxy groups -OCH3 is 1. The van der Waals surface area contributed by atoms with Crippen molar-refractivity contribution in [3.05, 3.63) is 63.2 Å². The summed E-state index contributed by atoms with van der Waals surface area (Å²) in [6, 6.07) is 13.3. The van der Waals surface area contributed by atoms with E-state index >= 15 is 0 Å². The van der Waals surface area contributed by atoms with Gasteiger partial charge in [0.2, 0.25) is 0 Å². The van der Waals surface area contributed by atoms with Crippen LogP contribution in [0.1, 0.15) is 20.7 Å². The van der Waals surface area contributed by atoms with Crippen LogP contribution in [0.3, 0.4) is 0 Å². The molecule has 0 aliphatic carbocycles. The topological polar surface area (TPSA) is 72.6 Å². The molecule has 2 amide bonds. The summed E-state index contributed by atoms with van der Waals surface area (Å²) >= 11 is 2.13. The first-order valence-corrected chi connectivity index (χ1v) is 7.14. The maximum atomic E-state index is 12.2. The van der Waals surface area contributed by atoms with E-state index in [4.69, 9.17) is 10.6 Å². The number of halogens is 1. The van der Waals surface area contributed by atoms with Crippen LogP contribution in [-0.4, -0.2) is 23.9 Å². The molecule has 0 fully saturated rings. The Morgan fingerprint density at radius 1 is 1.05 bits per heavy atom. The van der Waals surface area contributed by atoms with E-state index in [0.717, 1.165) is 3.57 Å². The minimum atomic E-state index is -0.586. The molecule has 0 radical (unpaired) electrons. The highest BCUT2D eigenvalue weighted by Crippen LogP contribution is 2.15. The molecular formula is C15H13IN2O3. The average Bonchev–Trinajstić information content (AvgIpc) is 2.53. The third-order valence-electron chi connectivity index (χ3n) is 2.85. The summed E-state index contributed by atoms with van der Waals surface area (Å²) in [5.74, 6) is 5.03. The van der Waals surface area contributed by atoms with Gasteiger partial charge in [0.15, 0.2) is 0 Å². The average molecular weight is 396 g/mol. The summed E-state index contributed by atoms with van der Waals surface area (Å²) in [5.41, 5.74) is 0.643. The number of nitrogens with two attached hydrogens (primary N) is 1. The molecule has 0 bridgehead atoms. The van der Waals surface area contributed by atoms with Crippen molar-refractivity contribution in [2.24, 2.45) is 5.84 Å². The second-order valence-electron chi connectivity index (χ2n) is 4.22. The number of rotatable bonds is 3. The van der Waals surface area contributed by atoms with E-state index < -0.39 is 11.8 Å². The molecule has 0 aromatic heterocycles. The van der Waals surface area contributed by atoms with Crippen LogP contribution < -0.4 is 10.6 Å². The number of nitrogens with zero attached hydrogens (tertiary/aromatic N) is 1. The summed E-state index contributed by atoms with van der Waals surface area (Å²) in [5, 5.41) is 0.608. The minimum Gasteiger partial charge on any atom is -0.497 e.